The molecule has 0 aromatic heterocycles. The summed E-state index contributed by atoms with van der Waals surface area (Å²) in [6.45, 7) is 6.44. The normalized spacial score (nSPS) is 13.6. The minimum atomic E-state index is -0.809. The highest BCUT2D eigenvalue weighted by Crippen LogP contribution is 2.17. The van der Waals surface area contributed by atoms with E-state index in [2.05, 4.69) is 68.6 Å². The van der Waals surface area contributed by atoms with Gasteiger partial charge in [-0.15, -0.1) is 0 Å². The molecular formula is C56H103NO5. The molecule has 3 atom stereocenters. The molecule has 0 radical (unpaired) electrons. The van der Waals surface area contributed by atoms with Gasteiger partial charge in [-0.25, -0.2) is 0 Å². The van der Waals surface area contributed by atoms with E-state index < -0.39 is 18.2 Å². The Morgan fingerprint density at radius 1 is 0.484 bits per heavy atom. The van der Waals surface area contributed by atoms with Crippen LogP contribution < -0.4 is 5.32 Å². The first kappa shape index (κ1) is 59.8. The first-order chi connectivity index (χ1) is 30.5. The SMILES string of the molecule is CCCCC/C=C\C/C=C\C/C=C\C/C=C\CC(CC(=O)NC(CO)C(O)CCCCCCCCCCCCCCCCCCC)OC(=O)CCCCCCCCCCCCC. The Hall–Kier alpha value is -2.18. The van der Waals surface area contributed by atoms with Gasteiger partial charge in [0.15, 0.2) is 0 Å². The fraction of sp³-hybridized carbons (Fsp3) is 0.821. The number of carbonyl (C=O) groups is 2. The van der Waals surface area contributed by atoms with Crippen LogP contribution in [0.25, 0.3) is 0 Å². The lowest BCUT2D eigenvalue weighted by Crippen LogP contribution is -2.46. The summed E-state index contributed by atoms with van der Waals surface area (Å²) in [5.41, 5.74) is 0. The molecule has 62 heavy (non-hydrogen) atoms. The smallest absolute Gasteiger partial charge is 0.306 e. The zero-order valence-corrected chi connectivity index (χ0v) is 41.3. The number of nitrogens with one attached hydrogen (secondary N) is 1. The monoisotopic (exact) mass is 870 g/mol. The lowest BCUT2D eigenvalue weighted by atomic mass is 10.0. The van der Waals surface area contributed by atoms with E-state index in [1.54, 1.807) is 0 Å². The zero-order chi connectivity index (χ0) is 45.2. The van der Waals surface area contributed by atoms with E-state index in [9.17, 15) is 19.8 Å². The molecule has 6 nitrogen and oxygen atoms in total. The van der Waals surface area contributed by atoms with Crippen LogP contribution in [0, 0.1) is 0 Å². The Morgan fingerprint density at radius 3 is 1.29 bits per heavy atom. The number of carbonyl (C=O) groups excluding carboxylic acids is 2. The maximum absolute atomic E-state index is 13.2. The number of hydrogen-bond donors (Lipinski definition) is 3. The Labute approximate surface area is 385 Å². The number of aliphatic hydroxyl groups is 2. The highest BCUT2D eigenvalue weighted by atomic mass is 16.5. The molecule has 362 valence electrons. The number of unbranched alkanes of at least 4 members (excludes halogenated alkanes) is 29. The third-order valence-corrected chi connectivity index (χ3v) is 12.2. The average molecular weight is 870 g/mol. The van der Waals surface area contributed by atoms with Crippen LogP contribution in [0.5, 0.6) is 0 Å². The predicted molar refractivity (Wildman–Crippen MR) is 269 cm³/mol. The molecule has 0 fully saturated rings. The van der Waals surface area contributed by atoms with Crippen molar-refractivity contribution in [3.63, 3.8) is 0 Å². The molecule has 3 unspecified atom stereocenters. The van der Waals surface area contributed by atoms with Gasteiger partial charge in [-0.2, -0.15) is 0 Å². The minimum Gasteiger partial charge on any atom is -0.461 e. The number of ether oxygens (including phenoxy) is 1. The third kappa shape index (κ3) is 44.4. The lowest BCUT2D eigenvalue weighted by molar-refractivity contribution is -0.150. The maximum Gasteiger partial charge on any atom is 0.306 e. The van der Waals surface area contributed by atoms with Gasteiger partial charge in [0.1, 0.15) is 6.10 Å². The van der Waals surface area contributed by atoms with Crippen LogP contribution in [-0.4, -0.2) is 46.9 Å². The molecule has 0 aliphatic rings. The number of amides is 1. The third-order valence-electron chi connectivity index (χ3n) is 12.2. The molecule has 0 aliphatic carbocycles. The Balaban J connectivity index is 4.61. The summed E-state index contributed by atoms with van der Waals surface area (Å²) >= 11 is 0. The second kappa shape index (κ2) is 49.8. The Bertz CT molecular complexity index is 1070. The standard InChI is InChI=1S/C56H103NO5/c1-4-7-10-13-16-19-22-24-26-27-29-31-34-36-39-42-45-48-54(59)53(51-58)57-55(60)50-52(62-56(61)49-46-43-40-37-32-21-18-15-12-9-6-3)47-44-41-38-35-33-30-28-25-23-20-17-14-11-8-5-2/h17,20,25,28,33,35,41,44,52-54,58-59H,4-16,18-19,21-24,26-27,29-32,34,36-40,42-43,45-51H2,1-3H3,(H,57,60)/b20-17-,28-25-,35-33-,44-41-. The van der Waals surface area contributed by atoms with E-state index in [4.69, 9.17) is 4.74 Å². The first-order valence-corrected chi connectivity index (χ1v) is 26.9. The number of esters is 1. The molecule has 6 heteroatoms. The van der Waals surface area contributed by atoms with Gasteiger partial charge in [0.25, 0.3) is 0 Å². The van der Waals surface area contributed by atoms with E-state index in [0.29, 0.717) is 19.3 Å². The van der Waals surface area contributed by atoms with Crippen LogP contribution >= 0.6 is 0 Å². The van der Waals surface area contributed by atoms with Crippen LogP contribution in [0.1, 0.15) is 271 Å². The fourth-order valence-corrected chi connectivity index (χ4v) is 8.06. The molecule has 1 amide bonds. The summed E-state index contributed by atoms with van der Waals surface area (Å²) in [6.07, 6.45) is 60.5. The average Bonchev–Trinajstić information content (AvgIpc) is 3.26. The van der Waals surface area contributed by atoms with Gasteiger partial charge in [-0.3, -0.25) is 9.59 Å². The molecule has 3 N–H and O–H groups in total. The summed E-state index contributed by atoms with van der Waals surface area (Å²) in [7, 11) is 0. The molecule has 0 saturated carbocycles. The van der Waals surface area contributed by atoms with Crippen molar-refractivity contribution in [2.24, 2.45) is 0 Å². The highest BCUT2D eigenvalue weighted by Gasteiger charge is 2.23. The van der Waals surface area contributed by atoms with Crippen molar-refractivity contribution in [2.45, 2.75) is 289 Å². The summed E-state index contributed by atoms with van der Waals surface area (Å²) < 4.78 is 5.87. The zero-order valence-electron chi connectivity index (χ0n) is 41.3. The molecule has 0 aromatic rings. The van der Waals surface area contributed by atoms with E-state index >= 15 is 0 Å². The van der Waals surface area contributed by atoms with Crippen LogP contribution in [0.2, 0.25) is 0 Å². The Kier molecular flexibility index (Phi) is 48.1. The molecule has 0 aromatic carbocycles. The van der Waals surface area contributed by atoms with E-state index in [0.717, 1.165) is 57.8 Å². The van der Waals surface area contributed by atoms with Gasteiger partial charge in [0.05, 0.1) is 25.2 Å². The topological polar surface area (TPSA) is 95.9 Å². The van der Waals surface area contributed by atoms with Gasteiger partial charge >= 0.3 is 5.97 Å². The van der Waals surface area contributed by atoms with Crippen LogP contribution in [-0.2, 0) is 14.3 Å². The lowest BCUT2D eigenvalue weighted by Gasteiger charge is -2.24. The first-order valence-electron chi connectivity index (χ1n) is 26.9. The predicted octanol–water partition coefficient (Wildman–Crippen LogP) is 16.2. The van der Waals surface area contributed by atoms with E-state index in [1.807, 2.05) is 6.08 Å². The van der Waals surface area contributed by atoms with Gasteiger partial charge in [0.2, 0.25) is 5.91 Å². The van der Waals surface area contributed by atoms with E-state index in [-0.39, 0.29) is 24.9 Å². The highest BCUT2D eigenvalue weighted by molar-refractivity contribution is 5.77. The summed E-state index contributed by atoms with van der Waals surface area (Å²) in [6, 6.07) is -0.729. The molecule has 0 heterocycles. The second-order valence-electron chi connectivity index (χ2n) is 18.3. The van der Waals surface area contributed by atoms with Crippen molar-refractivity contribution in [3.8, 4) is 0 Å². The molecule has 0 bridgehead atoms. The van der Waals surface area contributed by atoms with Gasteiger partial charge < -0.3 is 20.3 Å². The molecular weight excluding hydrogens is 767 g/mol. The van der Waals surface area contributed by atoms with Crippen molar-refractivity contribution < 1.29 is 24.5 Å². The molecule has 0 saturated heterocycles. The van der Waals surface area contributed by atoms with Crippen LogP contribution in [0.3, 0.4) is 0 Å². The number of aliphatic hydroxyl groups excluding tert-OH is 2. The summed E-state index contributed by atoms with van der Waals surface area (Å²) in [4.78, 5) is 26.1. The van der Waals surface area contributed by atoms with Crippen molar-refractivity contribution in [2.75, 3.05) is 6.61 Å². The van der Waals surface area contributed by atoms with Gasteiger partial charge in [-0.05, 0) is 44.9 Å². The number of hydrogen-bond acceptors (Lipinski definition) is 5. The largest absolute Gasteiger partial charge is 0.461 e. The molecule has 0 aliphatic heterocycles. The number of allylic oxidation sites excluding steroid dienone is 7. The van der Waals surface area contributed by atoms with Crippen LogP contribution in [0.15, 0.2) is 48.6 Å². The summed E-state index contributed by atoms with van der Waals surface area (Å²) in [5, 5.41) is 23.8. The summed E-state index contributed by atoms with van der Waals surface area (Å²) in [5.74, 6) is -0.568. The minimum absolute atomic E-state index is 0.00433. The van der Waals surface area contributed by atoms with Crippen molar-refractivity contribution >= 4 is 11.9 Å². The molecule has 0 spiro atoms. The quantitative estimate of drug-likeness (QED) is 0.0322. The van der Waals surface area contributed by atoms with Gasteiger partial charge in [0, 0.05) is 12.8 Å². The van der Waals surface area contributed by atoms with Crippen molar-refractivity contribution in [1.29, 1.82) is 0 Å². The molecule has 0 rings (SSSR count). The van der Waals surface area contributed by atoms with Crippen molar-refractivity contribution in [1.82, 2.24) is 5.32 Å². The van der Waals surface area contributed by atoms with Gasteiger partial charge in [-0.1, -0.05) is 256 Å². The fourth-order valence-electron chi connectivity index (χ4n) is 8.06. The number of rotatable bonds is 48. The van der Waals surface area contributed by atoms with E-state index in [1.165, 1.54) is 167 Å². The Morgan fingerprint density at radius 2 is 0.855 bits per heavy atom. The van der Waals surface area contributed by atoms with Crippen LogP contribution in [0.4, 0.5) is 0 Å². The van der Waals surface area contributed by atoms with Crippen molar-refractivity contribution in [3.05, 3.63) is 48.6 Å². The maximum atomic E-state index is 13.2. The second-order valence-corrected chi connectivity index (χ2v) is 18.3.